The van der Waals surface area contributed by atoms with Crippen LogP contribution in [0, 0.1) is 11.8 Å². The van der Waals surface area contributed by atoms with Crippen LogP contribution in [0.4, 0.5) is 0 Å². The number of hydrogen-bond acceptors (Lipinski definition) is 4. The lowest BCUT2D eigenvalue weighted by atomic mass is 9.89. The molecule has 1 saturated carbocycles. The summed E-state index contributed by atoms with van der Waals surface area (Å²) in [7, 11) is 0. The lowest BCUT2D eigenvalue weighted by molar-refractivity contribution is 0.0497. The van der Waals surface area contributed by atoms with E-state index < -0.39 is 6.10 Å². The van der Waals surface area contributed by atoms with Crippen LogP contribution >= 0.6 is 0 Å². The molecule has 1 heterocycles. The Balaban J connectivity index is 1.82. The first-order valence-electron chi connectivity index (χ1n) is 9.72. The number of rotatable bonds is 10. The Labute approximate surface area is 146 Å². The lowest BCUT2D eigenvalue weighted by Gasteiger charge is -2.17. The minimum Gasteiger partial charge on any atom is -0.392 e. The molecule has 6 atom stereocenters. The van der Waals surface area contributed by atoms with E-state index in [0.29, 0.717) is 12.3 Å². The largest absolute Gasteiger partial charge is 0.392 e. The van der Waals surface area contributed by atoms with Gasteiger partial charge in [-0.1, -0.05) is 50.5 Å². The maximum atomic E-state index is 10.3. The predicted molar refractivity (Wildman–Crippen MR) is 97.6 cm³/mol. The molecule has 1 aliphatic carbocycles. The number of nitrogens with two attached hydrogens (primary N) is 1. The van der Waals surface area contributed by atoms with Crippen molar-refractivity contribution in [2.24, 2.45) is 17.6 Å². The van der Waals surface area contributed by atoms with Gasteiger partial charge in [0.2, 0.25) is 0 Å². The Hall–Kier alpha value is -0.680. The van der Waals surface area contributed by atoms with E-state index in [-0.39, 0.29) is 24.2 Å². The van der Waals surface area contributed by atoms with Crippen molar-refractivity contribution in [3.8, 4) is 0 Å². The SMILES string of the molecule is CCCCCC(O)/C=C/C1C(O)CC2OC(/C=C/CCCN)CC21. The predicted octanol–water partition coefficient (Wildman–Crippen LogP) is 2.93. The quantitative estimate of drug-likeness (QED) is 0.423. The van der Waals surface area contributed by atoms with Gasteiger partial charge < -0.3 is 20.7 Å². The van der Waals surface area contributed by atoms with Crippen molar-refractivity contribution < 1.29 is 14.9 Å². The Bertz CT molecular complexity index is 410. The summed E-state index contributed by atoms with van der Waals surface area (Å²) in [6.07, 6.45) is 15.7. The van der Waals surface area contributed by atoms with Gasteiger partial charge in [0.25, 0.3) is 0 Å². The van der Waals surface area contributed by atoms with Crippen molar-refractivity contribution in [3.63, 3.8) is 0 Å². The molecule has 4 heteroatoms. The van der Waals surface area contributed by atoms with E-state index in [1.165, 1.54) is 6.42 Å². The molecule has 24 heavy (non-hydrogen) atoms. The first-order chi connectivity index (χ1) is 11.7. The van der Waals surface area contributed by atoms with E-state index >= 15 is 0 Å². The molecule has 1 aliphatic heterocycles. The van der Waals surface area contributed by atoms with Crippen LogP contribution < -0.4 is 5.73 Å². The third kappa shape index (κ3) is 5.69. The summed E-state index contributed by atoms with van der Waals surface area (Å²) in [6.45, 7) is 2.89. The first-order valence-corrected chi connectivity index (χ1v) is 9.72. The zero-order valence-electron chi connectivity index (χ0n) is 15.0. The zero-order chi connectivity index (χ0) is 17.4. The van der Waals surface area contributed by atoms with Gasteiger partial charge in [0.1, 0.15) is 0 Å². The highest BCUT2D eigenvalue weighted by molar-refractivity contribution is 5.09. The van der Waals surface area contributed by atoms with E-state index in [1.807, 2.05) is 12.2 Å². The Morgan fingerprint density at radius 2 is 2.04 bits per heavy atom. The molecule has 6 unspecified atom stereocenters. The molecule has 1 saturated heterocycles. The van der Waals surface area contributed by atoms with Gasteiger partial charge in [-0.2, -0.15) is 0 Å². The summed E-state index contributed by atoms with van der Waals surface area (Å²) in [5, 5.41) is 20.4. The van der Waals surface area contributed by atoms with Gasteiger partial charge >= 0.3 is 0 Å². The van der Waals surface area contributed by atoms with Gasteiger partial charge in [0.15, 0.2) is 0 Å². The standard InChI is InChI=1S/C20H35NO3/c1-2-3-5-8-15(22)10-11-17-18-13-16(9-6-4-7-12-21)24-20(18)14-19(17)23/h6,9-11,15-20,22-23H,2-5,7-8,12-14,21H2,1H3/b9-6+,11-10+. The van der Waals surface area contributed by atoms with E-state index in [0.717, 1.165) is 45.1 Å². The molecule has 4 N–H and O–H groups in total. The minimum atomic E-state index is -0.392. The van der Waals surface area contributed by atoms with E-state index in [4.69, 9.17) is 10.5 Å². The fraction of sp³-hybridized carbons (Fsp3) is 0.800. The van der Waals surface area contributed by atoms with Crippen LogP contribution in [0.25, 0.3) is 0 Å². The first kappa shape index (κ1) is 19.6. The average molecular weight is 338 g/mol. The molecule has 2 fully saturated rings. The third-order valence-electron chi connectivity index (χ3n) is 5.33. The second-order valence-corrected chi connectivity index (χ2v) is 7.30. The number of aliphatic hydroxyl groups is 2. The second kappa shape index (κ2) is 10.3. The van der Waals surface area contributed by atoms with Crippen molar-refractivity contribution in [2.45, 2.75) is 82.7 Å². The molecule has 2 rings (SSSR count). The molecule has 138 valence electrons. The zero-order valence-corrected chi connectivity index (χ0v) is 15.0. The third-order valence-corrected chi connectivity index (χ3v) is 5.33. The van der Waals surface area contributed by atoms with Crippen LogP contribution in [0.3, 0.4) is 0 Å². The summed E-state index contributed by atoms with van der Waals surface area (Å²) < 4.78 is 6.08. The van der Waals surface area contributed by atoms with Crippen LogP contribution in [-0.2, 0) is 4.74 Å². The molecule has 0 aromatic rings. The average Bonchev–Trinajstić information content (AvgIpc) is 3.06. The summed E-state index contributed by atoms with van der Waals surface area (Å²) in [6, 6.07) is 0. The topological polar surface area (TPSA) is 75.7 Å². The van der Waals surface area contributed by atoms with E-state index in [9.17, 15) is 10.2 Å². The molecule has 4 nitrogen and oxygen atoms in total. The number of aliphatic hydroxyl groups excluding tert-OH is 2. The van der Waals surface area contributed by atoms with Gasteiger partial charge in [-0.3, -0.25) is 0 Å². The molecule has 0 aromatic carbocycles. The number of unbranched alkanes of at least 4 members (excludes halogenated alkanes) is 3. The molecule has 2 aliphatic rings. The number of ether oxygens (including phenoxy) is 1. The van der Waals surface area contributed by atoms with Crippen molar-refractivity contribution >= 4 is 0 Å². The summed E-state index contributed by atoms with van der Waals surface area (Å²) in [5.74, 6) is 0.474. The molecule has 0 spiro atoms. The van der Waals surface area contributed by atoms with Gasteiger partial charge in [-0.05, 0) is 38.1 Å². The molecular formula is C20H35NO3. The minimum absolute atomic E-state index is 0.110. The molecule has 0 radical (unpaired) electrons. The summed E-state index contributed by atoms with van der Waals surface area (Å²) in [4.78, 5) is 0. The van der Waals surface area contributed by atoms with Crippen molar-refractivity contribution in [1.29, 1.82) is 0 Å². The van der Waals surface area contributed by atoms with E-state index in [2.05, 4.69) is 19.1 Å². The Kier molecular flexibility index (Phi) is 8.46. The number of hydrogen-bond donors (Lipinski definition) is 3. The van der Waals surface area contributed by atoms with Crippen molar-refractivity contribution in [2.75, 3.05) is 6.54 Å². The highest BCUT2D eigenvalue weighted by Crippen LogP contribution is 2.44. The molecule has 0 bridgehead atoms. The van der Waals surface area contributed by atoms with Crippen LogP contribution in [0.1, 0.15) is 58.3 Å². The Morgan fingerprint density at radius 3 is 2.79 bits per heavy atom. The van der Waals surface area contributed by atoms with Crippen LogP contribution in [-0.4, -0.2) is 41.2 Å². The van der Waals surface area contributed by atoms with Crippen molar-refractivity contribution in [3.05, 3.63) is 24.3 Å². The second-order valence-electron chi connectivity index (χ2n) is 7.30. The van der Waals surface area contributed by atoms with E-state index in [1.54, 1.807) is 0 Å². The van der Waals surface area contributed by atoms with Gasteiger partial charge in [0.05, 0.1) is 24.4 Å². The summed E-state index contributed by atoms with van der Waals surface area (Å²) >= 11 is 0. The molecular weight excluding hydrogens is 302 g/mol. The maximum absolute atomic E-state index is 10.3. The summed E-state index contributed by atoms with van der Waals surface area (Å²) in [5.41, 5.74) is 5.51. The highest BCUT2D eigenvalue weighted by Gasteiger charge is 2.47. The lowest BCUT2D eigenvalue weighted by Crippen LogP contribution is -2.19. The Morgan fingerprint density at radius 1 is 1.21 bits per heavy atom. The van der Waals surface area contributed by atoms with Gasteiger partial charge in [-0.15, -0.1) is 0 Å². The highest BCUT2D eigenvalue weighted by atomic mass is 16.5. The molecule has 0 amide bonds. The maximum Gasteiger partial charge on any atom is 0.0763 e. The fourth-order valence-electron chi connectivity index (χ4n) is 3.95. The van der Waals surface area contributed by atoms with Gasteiger partial charge in [-0.25, -0.2) is 0 Å². The van der Waals surface area contributed by atoms with Gasteiger partial charge in [0, 0.05) is 12.3 Å². The van der Waals surface area contributed by atoms with Crippen molar-refractivity contribution in [1.82, 2.24) is 0 Å². The monoisotopic (exact) mass is 337 g/mol. The molecule has 0 aromatic heterocycles. The number of allylic oxidation sites excluding steroid dienone is 1. The fourth-order valence-corrected chi connectivity index (χ4v) is 3.95. The smallest absolute Gasteiger partial charge is 0.0763 e. The number of fused-ring (bicyclic) bond motifs is 1. The van der Waals surface area contributed by atoms with Crippen LogP contribution in [0.15, 0.2) is 24.3 Å². The van der Waals surface area contributed by atoms with Crippen LogP contribution in [0.2, 0.25) is 0 Å². The van der Waals surface area contributed by atoms with Crippen LogP contribution in [0.5, 0.6) is 0 Å². The normalized spacial score (nSPS) is 34.4.